The quantitative estimate of drug-likeness (QED) is 0.0124. The molecule has 7 amide bonds. The Morgan fingerprint density at radius 2 is 1.34 bits per heavy atom. The normalized spacial score (nSPS) is 15.2. The van der Waals surface area contributed by atoms with E-state index < -0.39 is 35.7 Å². The Balaban J connectivity index is 0.650. The Morgan fingerprint density at radius 1 is 0.684 bits per heavy atom. The molecule has 1 fully saturated rings. The molecule has 1 saturated heterocycles. The van der Waals surface area contributed by atoms with Crippen molar-refractivity contribution in [3.05, 3.63) is 142 Å². The van der Waals surface area contributed by atoms with E-state index in [4.69, 9.17) is 35.3 Å². The number of Topliss-reactive ketones (excluding diaryl/α,β-unsaturated/α-hetero) is 3. The van der Waals surface area contributed by atoms with Crippen molar-refractivity contribution >= 4 is 119 Å². The minimum absolute atomic E-state index is 0.00347. The summed E-state index contributed by atoms with van der Waals surface area (Å²) in [4.78, 5) is 145. The maximum absolute atomic E-state index is 14.6. The van der Waals surface area contributed by atoms with E-state index >= 15 is 0 Å². The van der Waals surface area contributed by atoms with Gasteiger partial charge in [0, 0.05) is 147 Å². The summed E-state index contributed by atoms with van der Waals surface area (Å²) in [6, 6.07) is 28.2. The maximum atomic E-state index is 14.6. The van der Waals surface area contributed by atoms with E-state index in [0.717, 1.165) is 59.0 Å². The van der Waals surface area contributed by atoms with Gasteiger partial charge in [0.2, 0.25) is 17.7 Å². The van der Waals surface area contributed by atoms with Gasteiger partial charge in [-0.1, -0.05) is 68.4 Å². The van der Waals surface area contributed by atoms with E-state index in [1.54, 1.807) is 21.9 Å². The molecule has 3 aromatic heterocycles. The van der Waals surface area contributed by atoms with Crippen molar-refractivity contribution in [3.63, 3.8) is 0 Å². The van der Waals surface area contributed by atoms with Gasteiger partial charge in [-0.15, -0.1) is 22.9 Å². The number of aromatic nitrogens is 2. The average Bonchev–Trinajstić information content (AvgIpc) is 1.57. The minimum atomic E-state index is -0.754. The molecule has 6 heterocycles. The number of benzene rings is 4. The van der Waals surface area contributed by atoms with Gasteiger partial charge in [0.05, 0.1) is 75.5 Å². The summed E-state index contributed by atoms with van der Waals surface area (Å²) in [6.45, 7) is 8.98. The summed E-state index contributed by atoms with van der Waals surface area (Å²) in [5.74, 6) is -3.74. The third-order valence-electron chi connectivity index (χ3n) is 17.7. The largest absolute Gasteiger partial charge is 0.415 e. The lowest BCUT2D eigenvalue weighted by Gasteiger charge is -2.34. The number of hydrogen-bond donors (Lipinski definition) is 4. The van der Waals surface area contributed by atoms with E-state index in [0.29, 0.717) is 68.6 Å². The molecule has 23 nitrogen and oxygen atoms in total. The summed E-state index contributed by atoms with van der Waals surface area (Å²) in [6.07, 6.45) is 2.53. The van der Waals surface area contributed by atoms with Crippen molar-refractivity contribution < 1.29 is 71.6 Å². The standard InChI is InChI=1S/C73H83ClN8O15S/c1-46(2)33-53(40-61(84)52(34-48-9-5-4-6-10-48)37-55(83)18-25-93-27-29-95-31-32-96-30-28-94-26-19-75-64(86)17-20-81-65(87)15-16-66(81)88)71(90)76-43-67(89)79-21-23-80(24-22-79)73(92)97-63-41-60-69(68-47(3)45-98-70(63)68)54(42-74)44-82(60)72(91)59-39-51-35-49(13-14-57(51)78-59)36-62(85)58-38-50-11-7-8-12-56(50)77-58/h4-16,35,38-39,41,45-46,52-54,77-78H,17-34,36-37,40,42-44H2,1-3H3,(H,75,86)(H,76,90)/t52-,53-,54-/m1/s1. The number of rotatable bonds is 36. The molecule has 3 aliphatic heterocycles. The van der Waals surface area contributed by atoms with Crippen molar-refractivity contribution in [1.82, 2.24) is 35.3 Å². The zero-order valence-electron chi connectivity index (χ0n) is 55.4. The monoisotopic (exact) mass is 1380 g/mol. The van der Waals surface area contributed by atoms with Crippen LogP contribution >= 0.6 is 22.9 Å². The molecule has 0 radical (unpaired) electrons. The second kappa shape index (κ2) is 34.5. The lowest BCUT2D eigenvalue weighted by molar-refractivity contribution is -0.137. The number of nitrogens with one attached hydrogen (secondary N) is 4. The number of ether oxygens (including phenoxy) is 5. The van der Waals surface area contributed by atoms with Gasteiger partial charge in [-0.3, -0.25) is 48.1 Å². The van der Waals surface area contributed by atoms with Crippen LogP contribution < -0.4 is 20.3 Å². The van der Waals surface area contributed by atoms with Gasteiger partial charge in [-0.2, -0.15) is 0 Å². The van der Waals surface area contributed by atoms with Gasteiger partial charge in [0.1, 0.15) is 17.3 Å². The molecule has 0 aliphatic carbocycles. The van der Waals surface area contributed by atoms with Crippen molar-refractivity contribution in [2.45, 2.75) is 71.6 Å². The SMILES string of the molecule is Cc1csc2c(OC(=O)N3CCN(C(=O)CNC(=O)[C@@H](CC(=O)[C@@H](CC(=O)CCOCCOCCOCCOCCNC(=O)CCN4C(=O)C=CC4=O)Cc4ccccc4)CC(C)C)CC3)cc3c(c12)[C@H](CCl)CN3C(=O)c1cc2cc(CC(=O)c3cc4ccccc4[nH]3)ccc2[nH]1. The molecule has 10 rings (SSSR count). The van der Waals surface area contributed by atoms with E-state index in [1.807, 2.05) is 105 Å². The molecule has 0 spiro atoms. The van der Waals surface area contributed by atoms with Gasteiger partial charge in [-0.05, 0) is 83.6 Å². The number of carbonyl (C=O) groups is 10. The molecule has 7 aromatic rings. The van der Waals surface area contributed by atoms with Crippen LogP contribution in [-0.2, 0) is 65.4 Å². The Kier molecular flexibility index (Phi) is 25.3. The number of imide groups is 1. The topological polar surface area (TPSA) is 285 Å². The first kappa shape index (κ1) is 71.9. The number of ketones is 3. The number of halogens is 1. The van der Waals surface area contributed by atoms with Crippen LogP contribution in [0.2, 0.25) is 0 Å². The predicted molar refractivity (Wildman–Crippen MR) is 371 cm³/mol. The van der Waals surface area contributed by atoms with Gasteiger partial charge in [0.15, 0.2) is 11.5 Å². The van der Waals surface area contributed by atoms with Crippen LogP contribution in [0.3, 0.4) is 0 Å². The Hall–Kier alpha value is -8.91. The Bertz CT molecular complexity index is 4030. The number of H-pyrrole nitrogens is 2. The zero-order chi connectivity index (χ0) is 69.2. The molecular weight excluding hydrogens is 1300 g/mol. The third-order valence-corrected chi connectivity index (χ3v) is 19.1. The summed E-state index contributed by atoms with van der Waals surface area (Å²) < 4.78 is 29.2. The number of aryl methyl sites for hydroxylation is 1. The van der Waals surface area contributed by atoms with Crippen molar-refractivity contribution in [2.24, 2.45) is 17.8 Å². The van der Waals surface area contributed by atoms with Gasteiger partial charge in [0.25, 0.3) is 17.7 Å². The smallest absolute Gasteiger partial charge is 0.409 e. The fourth-order valence-electron chi connectivity index (χ4n) is 12.6. The number of anilines is 1. The molecule has 518 valence electrons. The Labute approximate surface area is 576 Å². The molecule has 98 heavy (non-hydrogen) atoms. The minimum Gasteiger partial charge on any atom is -0.409 e. The molecule has 0 saturated carbocycles. The van der Waals surface area contributed by atoms with E-state index in [2.05, 4.69) is 20.6 Å². The van der Waals surface area contributed by atoms with Gasteiger partial charge < -0.3 is 59.0 Å². The molecule has 25 heteroatoms. The molecule has 3 atom stereocenters. The molecule has 0 bridgehead atoms. The summed E-state index contributed by atoms with van der Waals surface area (Å²) in [5, 5.41) is 10.1. The van der Waals surface area contributed by atoms with Crippen molar-refractivity contribution in [1.29, 1.82) is 0 Å². The predicted octanol–water partition coefficient (Wildman–Crippen LogP) is 8.67. The van der Waals surface area contributed by atoms with Gasteiger partial charge in [-0.25, -0.2) is 4.79 Å². The lowest BCUT2D eigenvalue weighted by Crippen LogP contribution is -2.53. The van der Waals surface area contributed by atoms with Gasteiger partial charge >= 0.3 is 6.09 Å². The van der Waals surface area contributed by atoms with Crippen molar-refractivity contribution in [2.75, 3.05) is 116 Å². The molecule has 4 N–H and O–H groups in total. The van der Waals surface area contributed by atoms with Crippen LogP contribution in [0.5, 0.6) is 5.75 Å². The fourth-order valence-corrected chi connectivity index (χ4v) is 13.8. The molecule has 0 unspecified atom stereocenters. The lowest BCUT2D eigenvalue weighted by atomic mass is 9.83. The van der Waals surface area contributed by atoms with Crippen molar-refractivity contribution in [3.8, 4) is 5.75 Å². The van der Waals surface area contributed by atoms with Crippen LogP contribution in [0.15, 0.2) is 109 Å². The number of alkyl halides is 1. The number of fused-ring (bicyclic) bond motifs is 5. The van der Waals surface area contributed by atoms with Crippen LogP contribution in [0.1, 0.15) is 95.1 Å². The van der Waals surface area contributed by atoms with E-state index in [9.17, 15) is 47.9 Å². The first-order chi connectivity index (χ1) is 47.4. The highest BCUT2D eigenvalue weighted by atomic mass is 35.5. The fraction of sp³-hybridized carbons (Fsp3) is 0.425. The summed E-state index contributed by atoms with van der Waals surface area (Å²) in [7, 11) is 0. The third kappa shape index (κ3) is 18.8. The van der Waals surface area contributed by atoms with Crippen LogP contribution in [-0.4, -0.2) is 195 Å². The highest BCUT2D eigenvalue weighted by Gasteiger charge is 2.38. The second-order valence-corrected chi connectivity index (χ2v) is 26.4. The first-order valence-electron chi connectivity index (χ1n) is 33.3. The maximum Gasteiger partial charge on any atom is 0.415 e. The number of hydrogen-bond acceptors (Lipinski definition) is 16. The van der Waals surface area contributed by atoms with Crippen LogP contribution in [0.25, 0.3) is 31.9 Å². The number of carbonyl (C=O) groups excluding carboxylic acids is 10. The first-order valence-corrected chi connectivity index (χ1v) is 34.7. The molecular formula is C73H83ClN8O15S. The second-order valence-electron chi connectivity index (χ2n) is 25.2. The van der Waals surface area contributed by atoms with E-state index in [-0.39, 0.29) is 157 Å². The summed E-state index contributed by atoms with van der Waals surface area (Å²) in [5.41, 5.74) is 6.63. The zero-order valence-corrected chi connectivity index (χ0v) is 56.9. The molecule has 4 aromatic carbocycles. The number of amides is 7. The number of para-hydroxylation sites is 1. The summed E-state index contributed by atoms with van der Waals surface area (Å²) >= 11 is 8.09. The van der Waals surface area contributed by atoms with E-state index in [1.165, 1.54) is 28.4 Å². The number of aromatic amines is 2. The number of nitrogens with zero attached hydrogens (tertiary/aromatic N) is 4. The Morgan fingerprint density at radius 3 is 2.04 bits per heavy atom. The highest BCUT2D eigenvalue weighted by molar-refractivity contribution is 7.17. The highest BCUT2D eigenvalue weighted by Crippen LogP contribution is 2.49. The van der Waals surface area contributed by atoms with Crippen LogP contribution in [0.4, 0.5) is 10.5 Å². The number of thiophene rings is 1. The number of piperazine rings is 1. The average molecular weight is 1380 g/mol. The van der Waals surface area contributed by atoms with Crippen LogP contribution in [0, 0.1) is 24.7 Å². The molecule has 3 aliphatic rings.